The number of halogens is 6. The number of alkyl halides is 3. The summed E-state index contributed by atoms with van der Waals surface area (Å²) in [5.41, 5.74) is 2.48. The highest BCUT2D eigenvalue weighted by Crippen LogP contribution is 2.36. The van der Waals surface area contributed by atoms with Crippen LogP contribution < -0.4 is 5.32 Å². The van der Waals surface area contributed by atoms with Crippen LogP contribution in [0, 0.1) is 5.82 Å². The number of hydrogen-bond donors (Lipinski definition) is 1. The zero-order valence-electron chi connectivity index (χ0n) is 20.4. The molecule has 1 aliphatic rings. The number of amides is 1. The van der Waals surface area contributed by atoms with E-state index in [1.165, 1.54) is 29.0 Å². The largest absolute Gasteiger partial charge is 0.416 e. The number of rotatable bonds is 5. The molecule has 1 amide bonds. The van der Waals surface area contributed by atoms with E-state index in [1.54, 1.807) is 18.2 Å². The zero-order valence-corrected chi connectivity index (χ0v) is 21.9. The van der Waals surface area contributed by atoms with Gasteiger partial charge in [-0.15, -0.1) is 0 Å². The third-order valence-electron chi connectivity index (χ3n) is 6.61. The Morgan fingerprint density at radius 2 is 1.92 bits per heavy atom. The van der Waals surface area contributed by atoms with E-state index in [2.05, 4.69) is 15.2 Å². The van der Waals surface area contributed by atoms with Gasteiger partial charge in [0.1, 0.15) is 11.0 Å². The molecule has 0 unspecified atom stereocenters. The molecule has 11 heteroatoms. The quantitative estimate of drug-likeness (QED) is 0.200. The second-order valence-corrected chi connectivity index (χ2v) is 9.99. The second kappa shape index (κ2) is 11.0. The lowest BCUT2D eigenvalue weighted by Crippen LogP contribution is -2.34. The first kappa shape index (κ1) is 27.2. The van der Waals surface area contributed by atoms with Crippen molar-refractivity contribution in [2.75, 3.05) is 13.1 Å². The number of pyridine rings is 1. The molecule has 1 aliphatic heterocycles. The first-order valence-corrected chi connectivity index (χ1v) is 12.8. The molecule has 4 aromatic rings. The maximum atomic E-state index is 13.6. The summed E-state index contributed by atoms with van der Waals surface area (Å²) in [4.78, 5) is 19.3. The van der Waals surface area contributed by atoms with Crippen LogP contribution in [0.3, 0.4) is 0 Å². The van der Waals surface area contributed by atoms with Crippen LogP contribution in [-0.2, 0) is 25.7 Å². The van der Waals surface area contributed by atoms with Crippen LogP contribution in [0.1, 0.15) is 27.9 Å². The fraction of sp³-hybridized carbons (Fsp3) is 0.214. The van der Waals surface area contributed by atoms with Gasteiger partial charge in [-0.2, -0.15) is 13.2 Å². The van der Waals surface area contributed by atoms with Crippen molar-refractivity contribution in [3.8, 4) is 0 Å². The normalized spacial score (nSPS) is 14.2. The number of nitrogens with zero attached hydrogens (tertiary/aromatic N) is 3. The summed E-state index contributed by atoms with van der Waals surface area (Å²) in [7, 11) is 0. The molecule has 0 spiro atoms. The number of carbonyl (C=O) groups excluding carboxylic acids is 1. The van der Waals surface area contributed by atoms with Crippen molar-refractivity contribution in [2.45, 2.75) is 25.7 Å². The highest BCUT2D eigenvalue weighted by Gasteiger charge is 2.33. The number of fused-ring (bicyclic) bond motifs is 3. The lowest BCUT2D eigenvalue weighted by molar-refractivity contribution is -0.137. The summed E-state index contributed by atoms with van der Waals surface area (Å²) in [5.74, 6) is -0.499. The van der Waals surface area contributed by atoms with Crippen LogP contribution in [0.4, 0.5) is 22.4 Å². The number of carbonyl (C=O) groups is 1. The van der Waals surface area contributed by atoms with E-state index in [9.17, 15) is 22.4 Å². The first-order valence-electron chi connectivity index (χ1n) is 12.1. The summed E-state index contributed by atoms with van der Waals surface area (Å²) in [5, 5.41) is 3.55. The van der Waals surface area contributed by atoms with E-state index in [4.69, 9.17) is 23.2 Å². The van der Waals surface area contributed by atoms with Crippen molar-refractivity contribution in [2.24, 2.45) is 0 Å². The molecule has 0 aliphatic carbocycles. The number of aromatic nitrogens is 2. The van der Waals surface area contributed by atoms with Crippen molar-refractivity contribution >= 4 is 46.2 Å². The van der Waals surface area contributed by atoms with E-state index >= 15 is 0 Å². The minimum absolute atomic E-state index is 0.0262. The highest BCUT2D eigenvalue weighted by molar-refractivity contribution is 6.30. The van der Waals surface area contributed by atoms with Crippen molar-refractivity contribution in [3.63, 3.8) is 0 Å². The number of hydrogen-bond acceptors (Lipinski definition) is 3. The van der Waals surface area contributed by atoms with E-state index in [-0.39, 0.29) is 11.6 Å². The number of nitrogens with one attached hydrogen (secondary N) is 1. The van der Waals surface area contributed by atoms with Crippen LogP contribution in [0.25, 0.3) is 17.0 Å². The minimum atomic E-state index is -4.51. The predicted molar refractivity (Wildman–Crippen MR) is 143 cm³/mol. The SMILES string of the molecule is O=C(NCc1ccnc(Cl)c1)n1c2c(c3cc(C(F)(F)F)ccc31)CN(CC=Cc1ccc(F)c(Cl)c1)CC2. The lowest BCUT2D eigenvalue weighted by atomic mass is 10.0. The molecular weight excluding hydrogens is 555 g/mol. The van der Waals surface area contributed by atoms with Gasteiger partial charge in [-0.25, -0.2) is 14.2 Å². The van der Waals surface area contributed by atoms with Crippen molar-refractivity contribution in [1.82, 2.24) is 19.8 Å². The summed E-state index contributed by atoms with van der Waals surface area (Å²) in [6, 6.07) is 10.8. The molecule has 0 radical (unpaired) electrons. The lowest BCUT2D eigenvalue weighted by Gasteiger charge is -2.27. The van der Waals surface area contributed by atoms with Gasteiger partial charge in [0, 0.05) is 49.9 Å². The second-order valence-electron chi connectivity index (χ2n) is 9.20. The summed E-state index contributed by atoms with van der Waals surface area (Å²) in [6.07, 6.45) is 1.19. The topological polar surface area (TPSA) is 50.2 Å². The van der Waals surface area contributed by atoms with Gasteiger partial charge in [0.2, 0.25) is 0 Å². The van der Waals surface area contributed by atoms with Crippen LogP contribution in [0.15, 0.2) is 60.8 Å². The van der Waals surface area contributed by atoms with Crippen molar-refractivity contribution in [1.29, 1.82) is 0 Å². The molecule has 202 valence electrons. The Morgan fingerprint density at radius 1 is 1.10 bits per heavy atom. The Bertz CT molecular complexity index is 1580. The van der Waals surface area contributed by atoms with E-state index in [0.29, 0.717) is 53.4 Å². The predicted octanol–water partition coefficient (Wildman–Crippen LogP) is 7.33. The van der Waals surface area contributed by atoms with Crippen LogP contribution in [0.5, 0.6) is 0 Å². The van der Waals surface area contributed by atoms with Gasteiger partial charge < -0.3 is 5.32 Å². The van der Waals surface area contributed by atoms with Gasteiger partial charge in [0.05, 0.1) is 16.1 Å². The molecule has 2 aromatic heterocycles. The maximum Gasteiger partial charge on any atom is 0.416 e. The van der Waals surface area contributed by atoms with Crippen LogP contribution in [-0.4, -0.2) is 33.6 Å². The molecule has 5 rings (SSSR count). The van der Waals surface area contributed by atoms with Gasteiger partial charge in [0.15, 0.2) is 0 Å². The molecule has 39 heavy (non-hydrogen) atoms. The molecule has 2 aromatic carbocycles. The van der Waals surface area contributed by atoms with Gasteiger partial charge >= 0.3 is 12.2 Å². The molecule has 5 nitrogen and oxygen atoms in total. The van der Waals surface area contributed by atoms with Crippen molar-refractivity contribution < 1.29 is 22.4 Å². The average Bonchev–Trinajstić information content (AvgIpc) is 3.22. The standard InChI is InChI=1S/C28H22Cl2F4N4O/c29-22-12-17(3-5-23(22)31)2-1-10-37-11-8-25-21(16-37)20-14-19(28(32,33)34)4-6-24(20)38(25)27(39)36-15-18-7-9-35-26(30)13-18/h1-7,9,12-14H,8,10-11,15-16H2,(H,36,39). The molecule has 0 atom stereocenters. The number of benzene rings is 2. The van der Waals surface area contributed by atoms with E-state index in [0.717, 1.165) is 23.3 Å². The molecule has 0 saturated heterocycles. The minimum Gasteiger partial charge on any atom is -0.333 e. The first-order chi connectivity index (χ1) is 18.6. The third-order valence-corrected chi connectivity index (χ3v) is 7.11. The Morgan fingerprint density at radius 3 is 2.67 bits per heavy atom. The molecule has 0 fully saturated rings. The van der Waals surface area contributed by atoms with E-state index < -0.39 is 23.6 Å². The fourth-order valence-electron chi connectivity index (χ4n) is 4.74. The van der Waals surface area contributed by atoms with Crippen molar-refractivity contribution in [3.05, 3.63) is 105 Å². The fourth-order valence-corrected chi connectivity index (χ4v) is 5.13. The Kier molecular flexibility index (Phi) is 7.66. The van der Waals surface area contributed by atoms with Crippen LogP contribution in [0.2, 0.25) is 10.2 Å². The summed E-state index contributed by atoms with van der Waals surface area (Å²) >= 11 is 11.8. The molecule has 3 heterocycles. The zero-order chi connectivity index (χ0) is 27.7. The third kappa shape index (κ3) is 5.95. The van der Waals surface area contributed by atoms with E-state index in [1.807, 2.05) is 12.2 Å². The molecule has 0 saturated carbocycles. The van der Waals surface area contributed by atoms with Crippen LogP contribution >= 0.6 is 23.2 Å². The maximum absolute atomic E-state index is 13.6. The van der Waals surface area contributed by atoms with Gasteiger partial charge in [-0.3, -0.25) is 9.47 Å². The Labute approximate surface area is 231 Å². The molecule has 0 bridgehead atoms. The van der Waals surface area contributed by atoms with Gasteiger partial charge in [-0.05, 0) is 59.2 Å². The smallest absolute Gasteiger partial charge is 0.333 e. The summed E-state index contributed by atoms with van der Waals surface area (Å²) in [6.45, 7) is 1.65. The average molecular weight is 577 g/mol. The van der Waals surface area contributed by atoms with Gasteiger partial charge in [-0.1, -0.05) is 41.4 Å². The molecule has 1 N–H and O–H groups in total. The monoisotopic (exact) mass is 576 g/mol. The summed E-state index contributed by atoms with van der Waals surface area (Å²) < 4.78 is 55.6. The van der Waals surface area contributed by atoms with Gasteiger partial charge in [0.25, 0.3) is 0 Å². The molecular formula is C28H22Cl2F4N4O. The Hall–Kier alpha value is -3.40. The highest BCUT2D eigenvalue weighted by atomic mass is 35.5. The Balaban J connectivity index is 1.42.